The molecule has 1 heterocycles. The Bertz CT molecular complexity index is 417. The average Bonchev–Trinajstić information content (AvgIpc) is 2.66. The van der Waals surface area contributed by atoms with Crippen molar-refractivity contribution in [2.75, 3.05) is 21.2 Å². The van der Waals surface area contributed by atoms with Crippen LogP contribution < -0.4 is 0 Å². The van der Waals surface area contributed by atoms with E-state index >= 15 is 0 Å². The van der Waals surface area contributed by atoms with Crippen LogP contribution in [0.25, 0.3) is 0 Å². The van der Waals surface area contributed by atoms with E-state index in [-0.39, 0.29) is 5.57 Å². The summed E-state index contributed by atoms with van der Waals surface area (Å²) in [7, 11) is 4.79. The van der Waals surface area contributed by atoms with Crippen LogP contribution in [0.15, 0.2) is 10.6 Å². The molecule has 0 fully saturated rings. The zero-order valence-corrected chi connectivity index (χ0v) is 10.0. The Morgan fingerprint density at radius 1 is 1.44 bits per heavy atom. The molecule has 0 amide bonds. The fraction of sp³-hybridized carbons (Fsp3) is 0.500. The smallest absolute Gasteiger partial charge is 0.337 e. The van der Waals surface area contributed by atoms with E-state index in [1.165, 1.54) is 18.9 Å². The van der Waals surface area contributed by atoms with E-state index in [1.807, 2.05) is 12.1 Å². The Labute approximate surface area is 98.3 Å². The Balaban J connectivity index is 3.21. The standard InChI is InChI=1S/C10H11N3O2S/c1-13(2)9-8(10(14)15-3)6(4-11)7(5-12)16-9/h6-7H,1-3H3. The van der Waals surface area contributed by atoms with Crippen molar-refractivity contribution in [2.24, 2.45) is 5.92 Å². The molecule has 0 aromatic heterocycles. The predicted octanol–water partition coefficient (Wildman–Crippen LogP) is 0.711. The number of rotatable bonds is 2. The van der Waals surface area contributed by atoms with Gasteiger partial charge in [0.1, 0.15) is 11.2 Å². The molecule has 0 aromatic carbocycles. The van der Waals surface area contributed by atoms with Crippen molar-refractivity contribution in [3.05, 3.63) is 10.6 Å². The minimum absolute atomic E-state index is 0.284. The van der Waals surface area contributed by atoms with E-state index in [0.29, 0.717) is 5.03 Å². The van der Waals surface area contributed by atoms with Crippen molar-refractivity contribution in [2.45, 2.75) is 5.25 Å². The highest BCUT2D eigenvalue weighted by atomic mass is 32.2. The molecule has 2 atom stereocenters. The number of carbonyl (C=O) groups is 1. The molecule has 16 heavy (non-hydrogen) atoms. The Kier molecular flexibility index (Phi) is 3.81. The molecule has 5 nitrogen and oxygen atoms in total. The first kappa shape index (κ1) is 12.4. The van der Waals surface area contributed by atoms with Crippen LogP contribution in [0, 0.1) is 28.6 Å². The van der Waals surface area contributed by atoms with Gasteiger partial charge in [0.05, 0.1) is 29.9 Å². The van der Waals surface area contributed by atoms with Gasteiger partial charge in [-0.1, -0.05) is 11.8 Å². The van der Waals surface area contributed by atoms with Gasteiger partial charge in [-0.25, -0.2) is 4.79 Å². The first-order valence-corrected chi connectivity index (χ1v) is 5.40. The minimum atomic E-state index is -0.722. The van der Waals surface area contributed by atoms with Gasteiger partial charge in [-0.3, -0.25) is 0 Å². The lowest BCUT2D eigenvalue weighted by atomic mass is 9.98. The Morgan fingerprint density at radius 3 is 2.44 bits per heavy atom. The van der Waals surface area contributed by atoms with Gasteiger partial charge in [0.15, 0.2) is 0 Å². The van der Waals surface area contributed by atoms with Gasteiger partial charge in [-0.2, -0.15) is 10.5 Å². The van der Waals surface area contributed by atoms with Gasteiger partial charge in [0.25, 0.3) is 0 Å². The number of hydrogen-bond acceptors (Lipinski definition) is 6. The number of esters is 1. The number of nitrogens with zero attached hydrogens (tertiary/aromatic N) is 3. The first-order chi connectivity index (χ1) is 7.56. The van der Waals surface area contributed by atoms with Crippen LogP contribution in [0.2, 0.25) is 0 Å². The van der Waals surface area contributed by atoms with Crippen LogP contribution >= 0.6 is 11.8 Å². The highest BCUT2D eigenvalue weighted by Gasteiger charge is 2.41. The summed E-state index contributed by atoms with van der Waals surface area (Å²) in [4.78, 5) is 13.3. The van der Waals surface area contributed by atoms with Crippen molar-refractivity contribution in [3.63, 3.8) is 0 Å². The van der Waals surface area contributed by atoms with E-state index in [4.69, 9.17) is 10.5 Å². The second kappa shape index (κ2) is 4.91. The SMILES string of the molecule is COC(=O)C1=C(N(C)C)SC(C#N)C1C#N. The van der Waals surface area contributed by atoms with Gasteiger partial charge < -0.3 is 9.64 Å². The molecule has 1 aliphatic rings. The number of carbonyl (C=O) groups excluding carboxylic acids is 1. The molecule has 6 heteroatoms. The lowest BCUT2D eigenvalue weighted by Gasteiger charge is -2.14. The van der Waals surface area contributed by atoms with Crippen LogP contribution in [-0.2, 0) is 9.53 Å². The maximum absolute atomic E-state index is 11.6. The summed E-state index contributed by atoms with van der Waals surface area (Å²) >= 11 is 1.22. The molecule has 0 saturated heterocycles. The van der Waals surface area contributed by atoms with E-state index in [2.05, 4.69) is 4.74 Å². The fourth-order valence-corrected chi connectivity index (χ4v) is 2.61. The summed E-state index contributed by atoms with van der Waals surface area (Å²) in [5.41, 5.74) is 0.284. The molecule has 0 radical (unpaired) electrons. The van der Waals surface area contributed by atoms with Gasteiger partial charge >= 0.3 is 5.97 Å². The van der Waals surface area contributed by atoms with Crippen molar-refractivity contribution in [1.29, 1.82) is 10.5 Å². The highest BCUT2D eigenvalue weighted by Crippen LogP contribution is 2.42. The molecule has 1 rings (SSSR count). The number of thioether (sulfide) groups is 1. The van der Waals surface area contributed by atoms with Crippen LogP contribution in [0.3, 0.4) is 0 Å². The molecule has 84 valence electrons. The van der Waals surface area contributed by atoms with Gasteiger partial charge in [0.2, 0.25) is 0 Å². The number of nitriles is 2. The lowest BCUT2D eigenvalue weighted by Crippen LogP contribution is -2.19. The van der Waals surface area contributed by atoms with Crippen molar-refractivity contribution >= 4 is 17.7 Å². The first-order valence-electron chi connectivity index (χ1n) is 4.52. The molecule has 0 aromatic rings. The molecule has 1 aliphatic heterocycles. The molecule has 0 N–H and O–H groups in total. The van der Waals surface area contributed by atoms with Gasteiger partial charge in [-0.05, 0) is 0 Å². The summed E-state index contributed by atoms with van der Waals surface area (Å²) in [6.45, 7) is 0. The number of ether oxygens (including phenoxy) is 1. The average molecular weight is 237 g/mol. The number of hydrogen-bond donors (Lipinski definition) is 0. The molecule has 0 aliphatic carbocycles. The Morgan fingerprint density at radius 2 is 2.06 bits per heavy atom. The maximum atomic E-state index is 11.6. The molecule has 0 saturated carbocycles. The summed E-state index contributed by atoms with van der Waals surface area (Å²) in [6.07, 6.45) is 0. The van der Waals surface area contributed by atoms with Crippen molar-refractivity contribution in [1.82, 2.24) is 4.90 Å². The van der Waals surface area contributed by atoms with Crippen molar-refractivity contribution < 1.29 is 9.53 Å². The highest BCUT2D eigenvalue weighted by molar-refractivity contribution is 8.04. The maximum Gasteiger partial charge on any atom is 0.337 e. The third-order valence-corrected chi connectivity index (χ3v) is 3.60. The molecule has 2 unspecified atom stereocenters. The zero-order chi connectivity index (χ0) is 12.3. The number of methoxy groups -OCH3 is 1. The zero-order valence-electron chi connectivity index (χ0n) is 9.22. The summed E-state index contributed by atoms with van der Waals surface area (Å²) < 4.78 is 4.64. The third kappa shape index (κ3) is 1.98. The van der Waals surface area contributed by atoms with Crippen LogP contribution in [0.4, 0.5) is 0 Å². The second-order valence-electron chi connectivity index (χ2n) is 3.38. The summed E-state index contributed by atoms with van der Waals surface area (Å²) in [5, 5.41) is 18.0. The third-order valence-electron chi connectivity index (χ3n) is 2.16. The van der Waals surface area contributed by atoms with E-state index in [1.54, 1.807) is 19.0 Å². The second-order valence-corrected chi connectivity index (χ2v) is 4.51. The summed E-state index contributed by atoms with van der Waals surface area (Å²) in [6, 6.07) is 4.01. The molecular weight excluding hydrogens is 226 g/mol. The molecular formula is C10H11N3O2S. The van der Waals surface area contributed by atoms with Crippen molar-refractivity contribution in [3.8, 4) is 12.1 Å². The largest absolute Gasteiger partial charge is 0.466 e. The predicted molar refractivity (Wildman–Crippen MR) is 58.8 cm³/mol. The normalized spacial score (nSPS) is 23.6. The Hall–Kier alpha value is -1.66. The van der Waals surface area contributed by atoms with E-state index in [9.17, 15) is 4.79 Å². The molecule has 0 bridgehead atoms. The molecule has 0 spiro atoms. The van der Waals surface area contributed by atoms with Crippen LogP contribution in [0.1, 0.15) is 0 Å². The van der Waals surface area contributed by atoms with E-state index in [0.717, 1.165) is 0 Å². The topological polar surface area (TPSA) is 77.1 Å². The summed E-state index contributed by atoms with van der Waals surface area (Å²) in [5.74, 6) is -1.26. The van der Waals surface area contributed by atoms with Crippen LogP contribution in [-0.4, -0.2) is 37.3 Å². The van der Waals surface area contributed by atoms with Gasteiger partial charge in [-0.15, -0.1) is 0 Å². The van der Waals surface area contributed by atoms with E-state index < -0.39 is 17.1 Å². The lowest BCUT2D eigenvalue weighted by molar-refractivity contribution is -0.136. The monoisotopic (exact) mass is 237 g/mol. The minimum Gasteiger partial charge on any atom is -0.466 e. The van der Waals surface area contributed by atoms with Crippen LogP contribution in [0.5, 0.6) is 0 Å². The quantitative estimate of drug-likeness (QED) is 0.658. The fourth-order valence-electron chi connectivity index (χ4n) is 1.44. The van der Waals surface area contributed by atoms with Gasteiger partial charge in [0, 0.05) is 14.1 Å².